The maximum Gasteiger partial charge on any atom is 0.252 e. The smallest absolute Gasteiger partial charge is 0.252 e. The van der Waals surface area contributed by atoms with Crippen molar-refractivity contribution >= 4 is 38.9 Å². The van der Waals surface area contributed by atoms with Crippen LogP contribution >= 0.6 is 38.9 Å². The number of imidazole rings is 1. The Bertz CT molecular complexity index is 1590. The Labute approximate surface area is 211 Å². The average Bonchev–Trinajstić information content (AvgIpc) is 3.62. The Morgan fingerprint density at radius 1 is 1.24 bits per heavy atom. The second kappa shape index (κ2) is 8.30. The number of aryl methyl sites for hydroxylation is 1. The minimum absolute atomic E-state index is 0.0948. The molecular weight excluding hydrogens is 538 g/mol. The summed E-state index contributed by atoms with van der Waals surface area (Å²) in [5.74, 6) is 0.788. The molecule has 1 N–H and O–H groups in total. The van der Waals surface area contributed by atoms with Gasteiger partial charge in [-0.15, -0.1) is 16.4 Å². The molecule has 1 atom stereocenters. The van der Waals surface area contributed by atoms with Gasteiger partial charge in [-0.1, -0.05) is 11.6 Å². The minimum atomic E-state index is -0.153. The van der Waals surface area contributed by atoms with Gasteiger partial charge in [-0.25, -0.2) is 4.98 Å². The molecule has 4 aromatic heterocycles. The van der Waals surface area contributed by atoms with Crippen LogP contribution in [0.5, 0.6) is 0 Å². The lowest BCUT2D eigenvalue weighted by Crippen LogP contribution is -2.24. The molecular formula is C23H17BrClN7OS. The number of H-pyrrole nitrogens is 1. The molecule has 0 spiro atoms. The first kappa shape index (κ1) is 21.5. The van der Waals surface area contributed by atoms with Crippen molar-refractivity contribution in [3.8, 4) is 28.1 Å². The number of nitrogens with zero attached hydrogens (tertiary/aromatic N) is 6. The third-order valence-corrected chi connectivity index (χ3v) is 8.03. The maximum atomic E-state index is 13.4. The molecule has 0 amide bonds. The van der Waals surface area contributed by atoms with E-state index in [0.717, 1.165) is 56.9 Å². The van der Waals surface area contributed by atoms with Gasteiger partial charge in [-0.2, -0.15) is 4.68 Å². The Morgan fingerprint density at radius 2 is 2.12 bits per heavy atom. The van der Waals surface area contributed by atoms with E-state index in [1.54, 1.807) is 28.2 Å². The third-order valence-electron chi connectivity index (χ3n) is 6.05. The molecule has 0 radical (unpaired) electrons. The zero-order valence-electron chi connectivity index (χ0n) is 17.9. The monoisotopic (exact) mass is 553 g/mol. The van der Waals surface area contributed by atoms with Crippen molar-refractivity contribution in [3.63, 3.8) is 0 Å². The summed E-state index contributed by atoms with van der Waals surface area (Å²) >= 11 is 11.8. The minimum Gasteiger partial charge on any atom is -0.340 e. The zero-order valence-corrected chi connectivity index (χ0v) is 21.0. The summed E-state index contributed by atoms with van der Waals surface area (Å²) in [6.07, 6.45) is 4.87. The fraction of sp³-hybridized carbons (Fsp3) is 0.174. The van der Waals surface area contributed by atoms with E-state index in [4.69, 9.17) is 11.6 Å². The lowest BCUT2D eigenvalue weighted by Gasteiger charge is -2.17. The van der Waals surface area contributed by atoms with Crippen LogP contribution in [0.4, 0.5) is 0 Å². The quantitative estimate of drug-likeness (QED) is 0.329. The Kier molecular flexibility index (Phi) is 5.23. The number of aromatic nitrogens is 7. The molecule has 34 heavy (non-hydrogen) atoms. The lowest BCUT2D eigenvalue weighted by molar-refractivity contribution is 0.571. The van der Waals surface area contributed by atoms with E-state index < -0.39 is 0 Å². The van der Waals surface area contributed by atoms with E-state index in [0.29, 0.717) is 5.02 Å². The van der Waals surface area contributed by atoms with Gasteiger partial charge in [0.2, 0.25) is 0 Å². The first-order chi connectivity index (χ1) is 16.5. The van der Waals surface area contributed by atoms with Gasteiger partial charge in [-0.05, 0) is 70.4 Å². The molecule has 1 aliphatic rings. The van der Waals surface area contributed by atoms with Crippen LogP contribution in [-0.2, 0) is 6.42 Å². The Hall–Kier alpha value is -3.08. The first-order valence-electron chi connectivity index (χ1n) is 10.6. The summed E-state index contributed by atoms with van der Waals surface area (Å²) in [4.78, 5) is 22.7. The number of pyridine rings is 1. The molecule has 11 heteroatoms. The molecule has 1 aromatic carbocycles. The van der Waals surface area contributed by atoms with Crippen LogP contribution in [0.15, 0.2) is 57.5 Å². The number of fused-ring (bicyclic) bond motifs is 1. The number of aromatic amines is 1. The molecule has 170 valence electrons. The molecule has 1 aliphatic heterocycles. The van der Waals surface area contributed by atoms with Gasteiger partial charge < -0.3 is 9.55 Å². The van der Waals surface area contributed by atoms with Crippen LogP contribution in [0.3, 0.4) is 0 Å². The van der Waals surface area contributed by atoms with Gasteiger partial charge in [0.15, 0.2) is 0 Å². The highest BCUT2D eigenvalue weighted by molar-refractivity contribution is 9.10. The summed E-state index contributed by atoms with van der Waals surface area (Å²) in [5, 5.41) is 14.1. The highest BCUT2D eigenvalue weighted by atomic mass is 79.9. The highest BCUT2D eigenvalue weighted by Crippen LogP contribution is 2.40. The van der Waals surface area contributed by atoms with Crippen molar-refractivity contribution < 1.29 is 0 Å². The molecule has 0 saturated heterocycles. The molecule has 6 rings (SSSR count). The van der Waals surface area contributed by atoms with Gasteiger partial charge >= 0.3 is 0 Å². The van der Waals surface area contributed by atoms with Crippen LogP contribution < -0.4 is 5.56 Å². The van der Waals surface area contributed by atoms with Crippen LogP contribution in [0, 0.1) is 6.92 Å². The molecule has 0 saturated carbocycles. The van der Waals surface area contributed by atoms with Crippen molar-refractivity contribution in [1.29, 1.82) is 0 Å². The second-order valence-electron chi connectivity index (χ2n) is 8.13. The SMILES string of the molecule is Cc1cc(-c2cnc(C3CCc4c(Br)c(-c5cc(Cl)ccc5-n5cnnn5)cc(=O)n43)[nH]2)cs1. The van der Waals surface area contributed by atoms with E-state index in [-0.39, 0.29) is 11.6 Å². The standard InChI is InChI=1S/C23H17BrClN7OS/c1-12-6-13(10-34-12)17-9-26-23(28-17)20-5-4-19-22(24)16(8-21(33)32(19)20)15-7-14(25)2-3-18(15)31-11-27-29-30-31/h2-3,6-11,20H,4-5H2,1H3,(H,26,28). The number of hydrogen-bond acceptors (Lipinski definition) is 6. The van der Waals surface area contributed by atoms with Gasteiger partial charge in [0, 0.05) is 48.2 Å². The molecule has 0 aliphatic carbocycles. The number of benzene rings is 1. The summed E-state index contributed by atoms with van der Waals surface area (Å²) in [7, 11) is 0. The van der Waals surface area contributed by atoms with Crippen LogP contribution in [-0.4, -0.2) is 34.7 Å². The van der Waals surface area contributed by atoms with Crippen molar-refractivity contribution in [2.45, 2.75) is 25.8 Å². The first-order valence-corrected chi connectivity index (χ1v) is 12.6. The fourth-order valence-electron chi connectivity index (χ4n) is 4.51. The van der Waals surface area contributed by atoms with Crippen LogP contribution in [0.1, 0.15) is 28.9 Å². The van der Waals surface area contributed by atoms with Gasteiger partial charge in [0.1, 0.15) is 12.2 Å². The summed E-state index contributed by atoms with van der Waals surface area (Å²) < 4.78 is 4.24. The predicted octanol–water partition coefficient (Wildman–Crippen LogP) is 5.20. The number of halogens is 2. The third kappa shape index (κ3) is 3.53. The van der Waals surface area contributed by atoms with E-state index in [1.807, 2.05) is 22.9 Å². The second-order valence-corrected chi connectivity index (χ2v) is 10.5. The van der Waals surface area contributed by atoms with E-state index in [9.17, 15) is 4.79 Å². The normalized spacial score (nSPS) is 15.1. The van der Waals surface area contributed by atoms with Gasteiger partial charge in [0.05, 0.1) is 23.6 Å². The lowest BCUT2D eigenvalue weighted by atomic mass is 10.0. The molecule has 0 fully saturated rings. The summed E-state index contributed by atoms with van der Waals surface area (Å²) in [6, 6.07) is 9.05. The highest BCUT2D eigenvalue weighted by Gasteiger charge is 2.30. The van der Waals surface area contributed by atoms with Crippen molar-refractivity contribution in [2.75, 3.05) is 0 Å². The Morgan fingerprint density at radius 3 is 2.88 bits per heavy atom. The zero-order chi connectivity index (χ0) is 23.4. The summed E-state index contributed by atoms with van der Waals surface area (Å²) in [5.41, 5.74) is 5.15. The van der Waals surface area contributed by atoms with E-state index >= 15 is 0 Å². The topological polar surface area (TPSA) is 94.3 Å². The number of tetrazole rings is 1. The summed E-state index contributed by atoms with van der Waals surface area (Å²) in [6.45, 7) is 2.08. The fourth-order valence-corrected chi connectivity index (χ4v) is 6.11. The number of thiophene rings is 1. The van der Waals surface area contributed by atoms with Crippen LogP contribution in [0.25, 0.3) is 28.1 Å². The predicted molar refractivity (Wildman–Crippen MR) is 135 cm³/mol. The molecule has 1 unspecified atom stereocenters. The molecule has 5 aromatic rings. The Balaban J connectivity index is 1.44. The van der Waals surface area contributed by atoms with Crippen molar-refractivity contribution in [1.82, 2.24) is 34.7 Å². The largest absolute Gasteiger partial charge is 0.340 e. The average molecular weight is 555 g/mol. The van der Waals surface area contributed by atoms with Crippen molar-refractivity contribution in [2.24, 2.45) is 0 Å². The number of nitrogens with one attached hydrogen (secondary N) is 1. The van der Waals surface area contributed by atoms with E-state index in [1.165, 1.54) is 11.2 Å². The molecule has 5 heterocycles. The number of rotatable bonds is 4. The van der Waals surface area contributed by atoms with Gasteiger partial charge in [0.25, 0.3) is 5.56 Å². The van der Waals surface area contributed by atoms with Gasteiger partial charge in [-0.3, -0.25) is 4.79 Å². The number of hydrogen-bond donors (Lipinski definition) is 1. The van der Waals surface area contributed by atoms with Crippen LogP contribution in [0.2, 0.25) is 5.02 Å². The molecule has 8 nitrogen and oxygen atoms in total. The molecule has 0 bridgehead atoms. The maximum absolute atomic E-state index is 13.4. The van der Waals surface area contributed by atoms with E-state index in [2.05, 4.69) is 59.8 Å². The van der Waals surface area contributed by atoms with Crippen molar-refractivity contribution in [3.05, 3.63) is 84.5 Å².